The van der Waals surface area contributed by atoms with E-state index in [4.69, 9.17) is 0 Å². The maximum Gasteiger partial charge on any atom is 0.419 e. The predicted molar refractivity (Wildman–Crippen MR) is 112 cm³/mol. The zero-order valence-electron chi connectivity index (χ0n) is 18.0. The molecule has 4 rings (SSSR count). The van der Waals surface area contributed by atoms with Crippen LogP contribution in [0.1, 0.15) is 33.7 Å². The number of fused-ring (bicyclic) bond motifs is 3. The van der Waals surface area contributed by atoms with E-state index in [1.165, 1.54) is 4.90 Å². The number of anilines is 1. The van der Waals surface area contributed by atoms with E-state index in [2.05, 4.69) is 17.0 Å². The monoisotopic (exact) mass is 465 g/mol. The van der Waals surface area contributed by atoms with Crippen LogP contribution in [0.3, 0.4) is 0 Å². The van der Waals surface area contributed by atoms with E-state index < -0.39 is 23.6 Å². The number of urea groups is 1. The lowest BCUT2D eigenvalue weighted by Gasteiger charge is -2.27. The molecule has 1 aromatic heterocycles. The largest absolute Gasteiger partial charge is 0.419 e. The molecule has 2 aliphatic heterocycles. The highest BCUT2D eigenvalue weighted by molar-refractivity contribution is 5.95. The van der Waals surface area contributed by atoms with Crippen molar-refractivity contribution < 1.29 is 27.2 Å². The van der Waals surface area contributed by atoms with Gasteiger partial charge in [-0.1, -0.05) is 6.08 Å². The number of alkyl halides is 3. The molecule has 0 unspecified atom stereocenters. The van der Waals surface area contributed by atoms with Crippen LogP contribution in [-0.4, -0.2) is 51.7 Å². The molecule has 0 saturated heterocycles. The number of allylic oxidation sites excluding steroid dienone is 1. The number of rotatable bonds is 3. The van der Waals surface area contributed by atoms with Crippen molar-refractivity contribution in [1.82, 2.24) is 19.6 Å². The van der Waals surface area contributed by atoms with E-state index in [-0.39, 0.29) is 30.6 Å². The highest BCUT2D eigenvalue weighted by atomic mass is 19.4. The second-order valence-corrected chi connectivity index (χ2v) is 8.33. The molecule has 0 spiro atoms. The van der Waals surface area contributed by atoms with E-state index in [1.807, 2.05) is 6.08 Å². The van der Waals surface area contributed by atoms with Gasteiger partial charge in [-0.3, -0.25) is 9.48 Å². The first-order chi connectivity index (χ1) is 15.6. The number of carbonyl (C=O) groups excluding carboxylic acids is 2. The van der Waals surface area contributed by atoms with E-state index >= 15 is 0 Å². The minimum atomic E-state index is -4.88. The summed E-state index contributed by atoms with van der Waals surface area (Å²) in [6.07, 6.45) is -1.93. The van der Waals surface area contributed by atoms with Gasteiger partial charge in [0.2, 0.25) is 0 Å². The number of nitrogens with zero attached hydrogens (tertiary/aromatic N) is 4. The van der Waals surface area contributed by atoms with Gasteiger partial charge in [0.25, 0.3) is 5.91 Å². The van der Waals surface area contributed by atoms with E-state index in [0.717, 1.165) is 18.2 Å². The van der Waals surface area contributed by atoms with E-state index in [9.17, 15) is 27.2 Å². The first kappa shape index (κ1) is 22.8. The summed E-state index contributed by atoms with van der Waals surface area (Å²) in [6, 6.07) is 1.66. The zero-order valence-corrected chi connectivity index (χ0v) is 18.0. The van der Waals surface area contributed by atoms with Gasteiger partial charge in [-0.05, 0) is 30.5 Å². The van der Waals surface area contributed by atoms with Crippen molar-refractivity contribution >= 4 is 17.6 Å². The Morgan fingerprint density at radius 2 is 2.09 bits per heavy atom. The fourth-order valence-electron chi connectivity index (χ4n) is 4.33. The summed E-state index contributed by atoms with van der Waals surface area (Å²) in [5.41, 5.74) is 0.179. The van der Waals surface area contributed by atoms with Gasteiger partial charge in [0.1, 0.15) is 11.5 Å². The number of nitrogens with one attached hydrogen (secondary N) is 1. The summed E-state index contributed by atoms with van der Waals surface area (Å²) < 4.78 is 54.2. The third-order valence-corrected chi connectivity index (χ3v) is 5.92. The van der Waals surface area contributed by atoms with Crippen LogP contribution in [0.25, 0.3) is 0 Å². The van der Waals surface area contributed by atoms with Crippen molar-refractivity contribution in [1.29, 1.82) is 0 Å². The quantitative estimate of drug-likeness (QED) is 0.552. The summed E-state index contributed by atoms with van der Waals surface area (Å²) in [6.45, 7) is 5.25. The fourth-order valence-corrected chi connectivity index (χ4v) is 4.33. The number of benzene rings is 1. The number of hydrogen-bond acceptors (Lipinski definition) is 3. The second kappa shape index (κ2) is 8.53. The molecule has 1 N–H and O–H groups in total. The first-order valence-electron chi connectivity index (χ1n) is 10.5. The Bertz CT molecular complexity index is 1110. The van der Waals surface area contributed by atoms with E-state index in [0.29, 0.717) is 42.9 Å². The fraction of sp³-hybridized carbons (Fsp3) is 0.409. The van der Waals surface area contributed by atoms with Crippen LogP contribution in [0.15, 0.2) is 30.9 Å². The molecule has 0 bridgehead atoms. The van der Waals surface area contributed by atoms with Crippen molar-refractivity contribution in [2.24, 2.45) is 5.92 Å². The lowest BCUT2D eigenvalue weighted by molar-refractivity contribution is -0.139. The maximum atomic E-state index is 13.5. The van der Waals surface area contributed by atoms with Gasteiger partial charge in [0.05, 0.1) is 17.8 Å². The van der Waals surface area contributed by atoms with Crippen LogP contribution in [0.2, 0.25) is 0 Å². The molecule has 0 aliphatic carbocycles. The Balaban J connectivity index is 1.56. The summed E-state index contributed by atoms with van der Waals surface area (Å²) in [5, 5.41) is 7.00. The van der Waals surface area contributed by atoms with Gasteiger partial charge < -0.3 is 15.1 Å². The number of halogens is 4. The number of hydrogen-bond donors (Lipinski definition) is 1. The smallest absolute Gasteiger partial charge is 0.340 e. The second-order valence-electron chi connectivity index (χ2n) is 8.33. The summed E-state index contributed by atoms with van der Waals surface area (Å²) in [5.74, 6) is -1.44. The van der Waals surface area contributed by atoms with Crippen molar-refractivity contribution in [3.63, 3.8) is 0 Å². The molecule has 3 heterocycles. The van der Waals surface area contributed by atoms with Crippen LogP contribution in [0.4, 0.5) is 28.0 Å². The summed E-state index contributed by atoms with van der Waals surface area (Å²) in [4.78, 5) is 28.8. The minimum absolute atomic E-state index is 0.0928. The molecule has 2 aliphatic rings. The molecule has 11 heteroatoms. The lowest BCUT2D eigenvalue weighted by Crippen LogP contribution is -2.39. The topological polar surface area (TPSA) is 70.5 Å². The Morgan fingerprint density at radius 1 is 1.33 bits per heavy atom. The summed E-state index contributed by atoms with van der Waals surface area (Å²) in [7, 11) is 1.72. The van der Waals surface area contributed by atoms with Crippen LogP contribution in [-0.2, 0) is 25.7 Å². The molecule has 33 heavy (non-hydrogen) atoms. The number of amides is 3. The molecule has 2 aromatic rings. The van der Waals surface area contributed by atoms with Crippen molar-refractivity contribution in [3.8, 4) is 0 Å². The van der Waals surface area contributed by atoms with Gasteiger partial charge in [0.15, 0.2) is 0 Å². The number of aromatic nitrogens is 2. The molecule has 1 aromatic carbocycles. The first-order valence-corrected chi connectivity index (χ1v) is 10.5. The molecule has 0 saturated carbocycles. The molecule has 7 nitrogen and oxygen atoms in total. The molecular weight excluding hydrogens is 442 g/mol. The molecule has 176 valence electrons. The standard InChI is InChI=1S/C22H23F4N5O2/c1-3-4-13-10-29(2)20(32)19-15-12-30(8-7-18(15)28-31(19)11-13)21(33)27-14-5-6-17(23)16(9-14)22(24,25)26/h3,5-6,9,13H,1,4,7-8,10-12H2,2H3,(H,27,33)/t13-/m0/s1. The predicted octanol–water partition coefficient (Wildman–Crippen LogP) is 3.91. The Hall–Kier alpha value is -3.37. The minimum Gasteiger partial charge on any atom is -0.340 e. The highest BCUT2D eigenvalue weighted by Crippen LogP contribution is 2.33. The third-order valence-electron chi connectivity index (χ3n) is 5.92. The van der Waals surface area contributed by atoms with Crippen LogP contribution >= 0.6 is 0 Å². The highest BCUT2D eigenvalue weighted by Gasteiger charge is 2.36. The normalized spacial score (nSPS) is 18.5. The molecule has 1 atom stereocenters. The average Bonchev–Trinajstić information content (AvgIpc) is 3.05. The Morgan fingerprint density at radius 3 is 2.79 bits per heavy atom. The third kappa shape index (κ3) is 4.44. The molecule has 0 fully saturated rings. The van der Waals surface area contributed by atoms with Gasteiger partial charge in [-0.15, -0.1) is 6.58 Å². The van der Waals surface area contributed by atoms with Crippen LogP contribution in [0, 0.1) is 11.7 Å². The van der Waals surface area contributed by atoms with Crippen molar-refractivity contribution in [3.05, 3.63) is 59.2 Å². The maximum absolute atomic E-state index is 13.5. The van der Waals surface area contributed by atoms with E-state index in [1.54, 1.807) is 16.6 Å². The molecule has 0 radical (unpaired) electrons. The Kier molecular flexibility index (Phi) is 5.89. The zero-order chi connectivity index (χ0) is 23.9. The SMILES string of the molecule is C=CC[C@H]1CN(C)C(=O)c2c3c(nn2C1)CCN(C(=O)Nc1ccc(F)c(C(F)(F)F)c1)C3. The van der Waals surface area contributed by atoms with Crippen molar-refractivity contribution in [2.75, 3.05) is 25.5 Å². The van der Waals surface area contributed by atoms with Crippen molar-refractivity contribution in [2.45, 2.75) is 32.1 Å². The van der Waals surface area contributed by atoms with Gasteiger partial charge in [-0.25, -0.2) is 9.18 Å². The van der Waals surface area contributed by atoms with Gasteiger partial charge in [0, 0.05) is 44.4 Å². The lowest BCUT2D eigenvalue weighted by atomic mass is 10.0. The van der Waals surface area contributed by atoms with Crippen LogP contribution in [0.5, 0.6) is 0 Å². The molecule has 3 amide bonds. The Labute approximate surface area is 187 Å². The van der Waals surface area contributed by atoms with Gasteiger partial charge in [-0.2, -0.15) is 18.3 Å². The van der Waals surface area contributed by atoms with Crippen LogP contribution < -0.4 is 5.32 Å². The van der Waals surface area contributed by atoms with Gasteiger partial charge >= 0.3 is 12.2 Å². The average molecular weight is 465 g/mol. The number of carbonyl (C=O) groups is 2. The summed E-state index contributed by atoms with van der Waals surface area (Å²) >= 11 is 0. The molecular formula is C22H23F4N5O2.